The van der Waals surface area contributed by atoms with Crippen LogP contribution in [0.25, 0.3) is 10.7 Å². The van der Waals surface area contributed by atoms with Gasteiger partial charge in [0.15, 0.2) is 6.10 Å². The lowest BCUT2D eigenvalue weighted by Crippen LogP contribution is -2.04. The van der Waals surface area contributed by atoms with Gasteiger partial charge in [-0.15, -0.1) is 11.3 Å². The highest BCUT2D eigenvalue weighted by molar-refractivity contribution is 7.13. The third kappa shape index (κ3) is 3.75. The van der Waals surface area contributed by atoms with E-state index in [1.165, 1.54) is 11.3 Å². The summed E-state index contributed by atoms with van der Waals surface area (Å²) in [5.74, 6) is 0.687. The Hall–Kier alpha value is -2.67. The normalized spacial score (nSPS) is 12.0. The summed E-state index contributed by atoms with van der Waals surface area (Å²) < 4.78 is 11.0. The molecule has 0 spiro atoms. The number of carbonyl (C=O) groups is 1. The van der Waals surface area contributed by atoms with Crippen molar-refractivity contribution in [1.82, 2.24) is 10.1 Å². The molecule has 0 unspecified atom stereocenters. The fourth-order valence-electron chi connectivity index (χ4n) is 2.02. The molecule has 1 N–H and O–H groups in total. The Balaban J connectivity index is 1.67. The number of ether oxygens (including phenoxy) is 1. The summed E-state index contributed by atoms with van der Waals surface area (Å²) in [7, 11) is 0. The Kier molecular flexibility index (Phi) is 4.38. The molecule has 0 fully saturated rings. The van der Waals surface area contributed by atoms with Crippen LogP contribution in [0.3, 0.4) is 0 Å². The molecule has 3 aromatic rings. The van der Waals surface area contributed by atoms with Crippen LogP contribution in [-0.2, 0) is 11.2 Å². The molecule has 2 aromatic heterocycles. The lowest BCUT2D eigenvalue weighted by atomic mass is 10.1. The van der Waals surface area contributed by atoms with E-state index in [9.17, 15) is 4.79 Å². The van der Waals surface area contributed by atoms with E-state index in [1.54, 1.807) is 24.3 Å². The second kappa shape index (κ2) is 6.62. The summed E-state index contributed by atoms with van der Waals surface area (Å²) in [4.78, 5) is 15.9. The molecule has 7 heteroatoms. The van der Waals surface area contributed by atoms with E-state index in [-0.39, 0.29) is 6.42 Å². The maximum atomic E-state index is 10.7. The highest BCUT2D eigenvalue weighted by Crippen LogP contribution is 2.25. The first-order valence-electron chi connectivity index (χ1n) is 6.96. The van der Waals surface area contributed by atoms with Crippen molar-refractivity contribution in [3.63, 3.8) is 0 Å². The van der Waals surface area contributed by atoms with E-state index < -0.39 is 12.1 Å². The van der Waals surface area contributed by atoms with E-state index >= 15 is 0 Å². The highest BCUT2D eigenvalue weighted by Gasteiger charge is 2.17. The van der Waals surface area contributed by atoms with Gasteiger partial charge >= 0.3 is 5.97 Å². The van der Waals surface area contributed by atoms with Gasteiger partial charge in [-0.05, 0) is 36.1 Å². The number of carboxylic acids is 1. The Morgan fingerprint density at radius 3 is 2.78 bits per heavy atom. The molecule has 3 rings (SSSR count). The first kappa shape index (κ1) is 15.2. The summed E-state index contributed by atoms with van der Waals surface area (Å²) in [6.07, 6.45) is -0.412. The number of hydrogen-bond donors (Lipinski definition) is 1. The SMILES string of the molecule is C[C@H](Oc1ccc(CC(=O)O)cc1)c1nc(-c2cccs2)no1. The summed E-state index contributed by atoms with van der Waals surface area (Å²) in [6, 6.07) is 10.7. The second-order valence-corrected chi connectivity index (χ2v) is 5.86. The number of benzene rings is 1. The Labute approximate surface area is 136 Å². The molecule has 1 atom stereocenters. The number of carboxylic acid groups (broad SMARTS) is 1. The quantitative estimate of drug-likeness (QED) is 0.743. The average molecular weight is 330 g/mol. The van der Waals surface area contributed by atoms with Gasteiger partial charge < -0.3 is 14.4 Å². The van der Waals surface area contributed by atoms with Crippen LogP contribution in [0.5, 0.6) is 5.75 Å². The molecule has 118 valence electrons. The largest absolute Gasteiger partial charge is 0.481 e. The van der Waals surface area contributed by atoms with Crippen molar-refractivity contribution in [3.8, 4) is 16.5 Å². The average Bonchev–Trinajstić information content (AvgIpc) is 3.19. The Morgan fingerprint density at radius 2 is 2.13 bits per heavy atom. The number of hydrogen-bond acceptors (Lipinski definition) is 6. The predicted octanol–water partition coefficient (Wildman–Crippen LogP) is 3.57. The second-order valence-electron chi connectivity index (χ2n) is 4.91. The van der Waals surface area contributed by atoms with E-state index in [0.717, 1.165) is 10.4 Å². The highest BCUT2D eigenvalue weighted by atomic mass is 32.1. The number of aliphatic carboxylic acids is 1. The molecule has 0 bridgehead atoms. The van der Waals surface area contributed by atoms with Crippen LogP contribution in [0.4, 0.5) is 0 Å². The monoisotopic (exact) mass is 330 g/mol. The number of aromatic nitrogens is 2. The fourth-order valence-corrected chi connectivity index (χ4v) is 2.67. The van der Waals surface area contributed by atoms with Crippen molar-refractivity contribution in [1.29, 1.82) is 0 Å². The van der Waals surface area contributed by atoms with Gasteiger partial charge in [-0.25, -0.2) is 0 Å². The lowest BCUT2D eigenvalue weighted by Gasteiger charge is -2.10. The number of nitrogens with zero attached hydrogens (tertiary/aromatic N) is 2. The maximum absolute atomic E-state index is 10.7. The zero-order chi connectivity index (χ0) is 16.2. The van der Waals surface area contributed by atoms with Gasteiger partial charge in [0, 0.05) is 0 Å². The molecule has 1 aromatic carbocycles. The molecule has 0 aliphatic rings. The molecule has 0 saturated carbocycles. The molecule has 6 nitrogen and oxygen atoms in total. The molecule has 23 heavy (non-hydrogen) atoms. The standard InChI is InChI=1S/C16H14N2O4S/c1-10(16-17-15(18-22-16)13-3-2-8-23-13)21-12-6-4-11(5-7-12)9-14(19)20/h2-8,10H,9H2,1H3,(H,19,20)/t10-/m0/s1. The van der Waals surface area contributed by atoms with Crippen molar-refractivity contribution in [2.45, 2.75) is 19.4 Å². The predicted molar refractivity (Wildman–Crippen MR) is 84.4 cm³/mol. The topological polar surface area (TPSA) is 85.5 Å². The zero-order valence-electron chi connectivity index (χ0n) is 12.3. The van der Waals surface area contributed by atoms with Crippen LogP contribution < -0.4 is 4.74 Å². The third-order valence-corrected chi connectivity index (χ3v) is 3.99. The summed E-state index contributed by atoms with van der Waals surface area (Å²) >= 11 is 1.54. The van der Waals surface area contributed by atoms with Gasteiger partial charge in [-0.3, -0.25) is 4.79 Å². The van der Waals surface area contributed by atoms with Crippen LogP contribution in [0.15, 0.2) is 46.3 Å². The summed E-state index contributed by atoms with van der Waals surface area (Å²) in [5, 5.41) is 14.6. The van der Waals surface area contributed by atoms with Crippen molar-refractivity contribution in [2.75, 3.05) is 0 Å². The Morgan fingerprint density at radius 1 is 1.35 bits per heavy atom. The minimum absolute atomic E-state index is 0.0103. The number of rotatable bonds is 6. The van der Waals surface area contributed by atoms with Crippen LogP contribution in [-0.4, -0.2) is 21.2 Å². The van der Waals surface area contributed by atoms with E-state index in [0.29, 0.717) is 17.5 Å². The van der Waals surface area contributed by atoms with Crippen LogP contribution in [0.1, 0.15) is 24.5 Å². The van der Waals surface area contributed by atoms with Gasteiger partial charge in [-0.2, -0.15) is 4.98 Å². The van der Waals surface area contributed by atoms with E-state index in [4.69, 9.17) is 14.4 Å². The molecule has 2 heterocycles. The fraction of sp³-hybridized carbons (Fsp3) is 0.188. The van der Waals surface area contributed by atoms with Crippen LogP contribution in [0, 0.1) is 0 Å². The van der Waals surface area contributed by atoms with Crippen molar-refractivity contribution < 1.29 is 19.2 Å². The molecule has 0 aliphatic carbocycles. The van der Waals surface area contributed by atoms with Gasteiger partial charge in [0.05, 0.1) is 11.3 Å². The lowest BCUT2D eigenvalue weighted by molar-refractivity contribution is -0.136. The first-order chi connectivity index (χ1) is 11.1. The maximum Gasteiger partial charge on any atom is 0.307 e. The minimum Gasteiger partial charge on any atom is -0.481 e. The summed E-state index contributed by atoms with van der Waals surface area (Å²) in [5.41, 5.74) is 0.718. The van der Waals surface area contributed by atoms with Crippen LogP contribution >= 0.6 is 11.3 Å². The molecular formula is C16H14N2O4S. The van der Waals surface area contributed by atoms with E-state index in [1.807, 2.05) is 24.4 Å². The smallest absolute Gasteiger partial charge is 0.307 e. The molecule has 0 amide bonds. The van der Waals surface area contributed by atoms with Gasteiger partial charge in [-0.1, -0.05) is 23.4 Å². The third-order valence-electron chi connectivity index (χ3n) is 3.12. The first-order valence-corrected chi connectivity index (χ1v) is 7.84. The molecular weight excluding hydrogens is 316 g/mol. The molecule has 0 saturated heterocycles. The molecule has 0 radical (unpaired) electrons. The van der Waals surface area contributed by atoms with Gasteiger partial charge in [0.1, 0.15) is 5.75 Å². The molecule has 0 aliphatic heterocycles. The zero-order valence-corrected chi connectivity index (χ0v) is 13.1. The van der Waals surface area contributed by atoms with Crippen LogP contribution in [0.2, 0.25) is 0 Å². The van der Waals surface area contributed by atoms with Gasteiger partial charge in [0.2, 0.25) is 5.82 Å². The van der Waals surface area contributed by atoms with Crippen molar-refractivity contribution in [3.05, 3.63) is 53.2 Å². The van der Waals surface area contributed by atoms with Crippen molar-refractivity contribution >= 4 is 17.3 Å². The number of thiophene rings is 1. The summed E-state index contributed by atoms with van der Waals surface area (Å²) in [6.45, 7) is 1.82. The van der Waals surface area contributed by atoms with E-state index in [2.05, 4.69) is 10.1 Å². The van der Waals surface area contributed by atoms with Crippen molar-refractivity contribution in [2.24, 2.45) is 0 Å². The van der Waals surface area contributed by atoms with Gasteiger partial charge in [0.25, 0.3) is 5.89 Å². The minimum atomic E-state index is -0.862. The Bertz CT molecular complexity index is 781.